The summed E-state index contributed by atoms with van der Waals surface area (Å²) in [5.41, 5.74) is 0. The Morgan fingerprint density at radius 1 is 0.431 bits per heavy atom. The molecular weight excluding hydrogens is 803 g/mol. The maximum absolute atomic E-state index is 13.3. The molecule has 0 spiro atoms. The van der Waals surface area contributed by atoms with Crippen LogP contribution in [-0.2, 0) is 14.3 Å². The minimum atomic E-state index is -0.787. The van der Waals surface area contributed by atoms with Crippen LogP contribution in [0.4, 0.5) is 0 Å². The summed E-state index contributed by atoms with van der Waals surface area (Å²) < 4.78 is 5.96. The van der Waals surface area contributed by atoms with Crippen LogP contribution in [0.3, 0.4) is 0 Å². The lowest BCUT2D eigenvalue weighted by atomic mass is 10.0. The number of carbonyl (C=O) groups is 2. The fourth-order valence-electron chi connectivity index (χ4n) is 9.07. The van der Waals surface area contributed by atoms with Crippen molar-refractivity contribution in [3.8, 4) is 0 Å². The number of nitrogens with one attached hydrogen (secondary N) is 1. The number of esters is 1. The summed E-state index contributed by atoms with van der Waals surface area (Å²) in [6, 6.07) is -0.701. The molecule has 1 amide bonds. The van der Waals surface area contributed by atoms with Crippen LogP contribution < -0.4 is 5.32 Å². The molecule has 0 aliphatic heterocycles. The summed E-state index contributed by atoms with van der Waals surface area (Å²) in [6.07, 6.45) is 62.4. The highest BCUT2D eigenvalue weighted by molar-refractivity contribution is 5.77. The summed E-state index contributed by atoms with van der Waals surface area (Å²) in [4.78, 5) is 26.3. The number of carbonyl (C=O) groups excluding carboxylic acids is 2. The number of hydrogen-bond acceptors (Lipinski definition) is 5. The highest BCUT2D eigenvalue weighted by atomic mass is 16.5. The molecule has 0 heterocycles. The molecule has 0 radical (unpaired) electrons. The topological polar surface area (TPSA) is 95.9 Å². The van der Waals surface area contributed by atoms with E-state index in [-0.39, 0.29) is 24.9 Å². The van der Waals surface area contributed by atoms with E-state index in [2.05, 4.69) is 50.4 Å². The third-order valence-electron chi connectivity index (χ3n) is 13.5. The van der Waals surface area contributed by atoms with Crippen LogP contribution >= 0.6 is 0 Å². The zero-order valence-corrected chi connectivity index (χ0v) is 43.9. The highest BCUT2D eigenvalue weighted by Crippen LogP contribution is 2.18. The smallest absolute Gasteiger partial charge is 0.306 e. The predicted molar refractivity (Wildman–Crippen MR) is 283 cm³/mol. The minimum Gasteiger partial charge on any atom is -0.462 e. The van der Waals surface area contributed by atoms with Crippen molar-refractivity contribution in [3.63, 3.8) is 0 Å². The van der Waals surface area contributed by atoms with Crippen LogP contribution in [0.15, 0.2) is 24.3 Å². The molecule has 0 rings (SSSR count). The molecular formula is C59H113NO5. The van der Waals surface area contributed by atoms with E-state index < -0.39 is 18.2 Å². The van der Waals surface area contributed by atoms with Crippen molar-refractivity contribution >= 4 is 11.9 Å². The number of aliphatic hydroxyl groups is 2. The van der Waals surface area contributed by atoms with Crippen molar-refractivity contribution in [2.75, 3.05) is 6.61 Å². The van der Waals surface area contributed by atoms with Crippen molar-refractivity contribution in [1.82, 2.24) is 5.32 Å². The van der Waals surface area contributed by atoms with E-state index in [0.29, 0.717) is 19.3 Å². The maximum Gasteiger partial charge on any atom is 0.306 e. The van der Waals surface area contributed by atoms with Gasteiger partial charge < -0.3 is 20.3 Å². The largest absolute Gasteiger partial charge is 0.462 e. The van der Waals surface area contributed by atoms with Gasteiger partial charge in [-0.3, -0.25) is 9.59 Å². The minimum absolute atomic E-state index is 0.0758. The normalized spacial score (nSPS) is 13.2. The van der Waals surface area contributed by atoms with Gasteiger partial charge in [0, 0.05) is 6.42 Å². The number of ether oxygens (including phenoxy) is 1. The second kappa shape index (κ2) is 53.3. The molecule has 0 aliphatic carbocycles. The van der Waals surface area contributed by atoms with Crippen LogP contribution in [0.1, 0.15) is 316 Å². The van der Waals surface area contributed by atoms with Crippen molar-refractivity contribution < 1.29 is 24.5 Å². The van der Waals surface area contributed by atoms with Gasteiger partial charge in [0.15, 0.2) is 0 Å². The van der Waals surface area contributed by atoms with Crippen LogP contribution in [0.2, 0.25) is 0 Å². The number of unbranched alkanes of at least 4 members (excludes halogenated alkanes) is 37. The van der Waals surface area contributed by atoms with E-state index in [1.807, 2.05) is 0 Å². The van der Waals surface area contributed by atoms with Crippen LogP contribution in [0, 0.1) is 0 Å². The zero-order valence-electron chi connectivity index (χ0n) is 43.9. The van der Waals surface area contributed by atoms with Gasteiger partial charge in [0.2, 0.25) is 5.91 Å². The van der Waals surface area contributed by atoms with Gasteiger partial charge in [0.05, 0.1) is 25.2 Å². The molecule has 0 aromatic rings. The Morgan fingerprint density at radius 3 is 1.09 bits per heavy atom. The fraction of sp³-hybridized carbons (Fsp3) is 0.898. The van der Waals surface area contributed by atoms with E-state index in [0.717, 1.165) is 57.8 Å². The first-order valence-electron chi connectivity index (χ1n) is 29.1. The molecule has 0 saturated carbocycles. The van der Waals surface area contributed by atoms with Gasteiger partial charge in [-0.05, 0) is 77.0 Å². The third kappa shape index (κ3) is 48.6. The van der Waals surface area contributed by atoms with Gasteiger partial charge >= 0.3 is 5.97 Å². The lowest BCUT2D eigenvalue weighted by molar-refractivity contribution is -0.151. The monoisotopic (exact) mass is 916 g/mol. The van der Waals surface area contributed by atoms with Crippen LogP contribution in [-0.4, -0.2) is 46.9 Å². The number of aliphatic hydroxyl groups excluding tert-OH is 2. The lowest BCUT2D eigenvalue weighted by Crippen LogP contribution is -2.46. The maximum atomic E-state index is 13.3. The Bertz CT molecular complexity index is 1030. The van der Waals surface area contributed by atoms with E-state index in [1.165, 1.54) is 212 Å². The summed E-state index contributed by atoms with van der Waals surface area (Å²) in [5.74, 6) is -0.467. The second-order valence-corrected chi connectivity index (χ2v) is 20.0. The zero-order chi connectivity index (χ0) is 47.4. The average molecular weight is 917 g/mol. The molecule has 6 nitrogen and oxygen atoms in total. The van der Waals surface area contributed by atoms with Gasteiger partial charge in [-0.2, -0.15) is 0 Å². The van der Waals surface area contributed by atoms with Crippen molar-refractivity contribution in [2.45, 2.75) is 334 Å². The molecule has 0 aliphatic rings. The average Bonchev–Trinajstić information content (AvgIpc) is 3.30. The standard InChI is InChI=1S/C59H113NO5/c1-4-7-10-13-16-19-22-25-27-28-29-30-32-34-37-40-43-46-49-52-59(64)65-55(50-47-44-41-38-35-33-31-26-23-20-17-14-11-8-5-2)53-58(63)60-56(54-61)57(62)51-48-45-42-39-36-24-21-18-15-12-9-6-3/h25-27,31,55-57,61-62H,4-24,28-30,32-54H2,1-3H3,(H,60,63)/b27-25+,31-26+. The van der Waals surface area contributed by atoms with E-state index >= 15 is 0 Å². The molecule has 0 fully saturated rings. The van der Waals surface area contributed by atoms with Crippen LogP contribution in [0.25, 0.3) is 0 Å². The van der Waals surface area contributed by atoms with Gasteiger partial charge in [-0.1, -0.05) is 251 Å². The molecule has 384 valence electrons. The molecule has 65 heavy (non-hydrogen) atoms. The second-order valence-electron chi connectivity index (χ2n) is 20.0. The van der Waals surface area contributed by atoms with Gasteiger partial charge in [0.1, 0.15) is 6.10 Å². The number of hydrogen-bond donors (Lipinski definition) is 3. The number of allylic oxidation sites excluding steroid dienone is 4. The molecule has 3 N–H and O–H groups in total. The van der Waals surface area contributed by atoms with E-state index in [1.54, 1.807) is 0 Å². The highest BCUT2D eigenvalue weighted by Gasteiger charge is 2.24. The van der Waals surface area contributed by atoms with Crippen molar-refractivity contribution in [3.05, 3.63) is 24.3 Å². The molecule has 3 atom stereocenters. The number of rotatable bonds is 53. The third-order valence-corrected chi connectivity index (χ3v) is 13.5. The molecule has 0 aromatic heterocycles. The molecule has 6 heteroatoms. The summed E-state index contributed by atoms with van der Waals surface area (Å²) >= 11 is 0. The Morgan fingerprint density at radius 2 is 0.738 bits per heavy atom. The SMILES string of the molecule is CCCCCCCC/C=C/CCCCCCCCCCCC(=O)OC(CCCCCCC/C=C/CCCCCCCC)CC(=O)NC(CO)C(O)CCCCCCCCCCCCCC. The van der Waals surface area contributed by atoms with Crippen molar-refractivity contribution in [2.24, 2.45) is 0 Å². The summed E-state index contributed by atoms with van der Waals surface area (Å²) in [5, 5.41) is 23.8. The van der Waals surface area contributed by atoms with E-state index in [4.69, 9.17) is 4.74 Å². The lowest BCUT2D eigenvalue weighted by Gasteiger charge is -2.24. The predicted octanol–water partition coefficient (Wildman–Crippen LogP) is 17.9. The Hall–Kier alpha value is -1.66. The Kier molecular flexibility index (Phi) is 51.9. The molecule has 0 aromatic carbocycles. The first kappa shape index (κ1) is 63.3. The molecule has 0 bridgehead atoms. The summed E-state index contributed by atoms with van der Waals surface area (Å²) in [6.45, 7) is 6.50. The quantitative estimate of drug-likeness (QED) is 0.0321. The van der Waals surface area contributed by atoms with Gasteiger partial charge in [-0.25, -0.2) is 0 Å². The van der Waals surface area contributed by atoms with Gasteiger partial charge in [0.25, 0.3) is 0 Å². The molecule has 0 saturated heterocycles. The van der Waals surface area contributed by atoms with Crippen LogP contribution in [0.5, 0.6) is 0 Å². The molecule has 3 unspecified atom stereocenters. The first-order valence-corrected chi connectivity index (χ1v) is 29.1. The number of amides is 1. The van der Waals surface area contributed by atoms with E-state index in [9.17, 15) is 19.8 Å². The van der Waals surface area contributed by atoms with Gasteiger partial charge in [-0.15, -0.1) is 0 Å². The van der Waals surface area contributed by atoms with Crippen molar-refractivity contribution in [1.29, 1.82) is 0 Å². The first-order chi connectivity index (χ1) is 32.0. The fourth-order valence-corrected chi connectivity index (χ4v) is 9.07. The Labute approximate surface area is 405 Å². The Balaban J connectivity index is 4.52. The summed E-state index contributed by atoms with van der Waals surface area (Å²) in [7, 11) is 0.